The number of anilines is 2. The highest BCUT2D eigenvalue weighted by Crippen LogP contribution is 2.22. The maximum absolute atomic E-state index is 11.8. The predicted molar refractivity (Wildman–Crippen MR) is 112 cm³/mol. The van der Waals surface area contributed by atoms with Crippen LogP contribution in [0.1, 0.15) is 10.4 Å². The fraction of sp³-hybridized carbons (Fsp3) is 0.227. The van der Waals surface area contributed by atoms with Crippen LogP contribution in [-0.2, 0) is 4.74 Å². The van der Waals surface area contributed by atoms with Crippen molar-refractivity contribution in [2.45, 2.75) is 0 Å². The van der Waals surface area contributed by atoms with Gasteiger partial charge in [-0.15, -0.1) is 0 Å². The minimum Gasteiger partial charge on any atom is -0.465 e. The molecule has 0 amide bonds. The van der Waals surface area contributed by atoms with Gasteiger partial charge in [-0.1, -0.05) is 48.5 Å². The van der Waals surface area contributed by atoms with Crippen LogP contribution in [0.15, 0.2) is 66.7 Å². The van der Waals surface area contributed by atoms with Crippen LogP contribution >= 0.6 is 0 Å². The van der Waals surface area contributed by atoms with E-state index in [0.29, 0.717) is 5.56 Å². The van der Waals surface area contributed by atoms with E-state index in [4.69, 9.17) is 4.74 Å². The summed E-state index contributed by atoms with van der Waals surface area (Å²) in [5.41, 5.74) is 2.50. The van der Waals surface area contributed by atoms with Crippen molar-refractivity contribution in [2.24, 2.45) is 0 Å². The maximum atomic E-state index is 11.8. The second-order valence-electron chi connectivity index (χ2n) is 6.17. The van der Waals surface area contributed by atoms with Gasteiger partial charge in [-0.3, -0.25) is 0 Å². The van der Waals surface area contributed by atoms with E-state index in [1.165, 1.54) is 17.9 Å². The first-order chi connectivity index (χ1) is 13.3. The number of carbonyl (C=O) groups excluding carboxylic acids is 1. The highest BCUT2D eigenvalue weighted by molar-refractivity contribution is 5.95. The number of esters is 1. The summed E-state index contributed by atoms with van der Waals surface area (Å²) in [7, 11) is 1.39. The van der Waals surface area contributed by atoms with Crippen molar-refractivity contribution >= 4 is 28.1 Å². The van der Waals surface area contributed by atoms with Crippen molar-refractivity contribution in [1.29, 1.82) is 0 Å². The van der Waals surface area contributed by atoms with Gasteiger partial charge >= 0.3 is 5.97 Å². The molecule has 0 atom stereocenters. The lowest BCUT2D eigenvalue weighted by Gasteiger charge is -2.12. The molecule has 0 aromatic heterocycles. The number of rotatable bonds is 9. The molecular formula is C22H25N3O2. The molecule has 0 fully saturated rings. The summed E-state index contributed by atoms with van der Waals surface area (Å²) in [6.45, 7) is 3.21. The lowest BCUT2D eigenvalue weighted by atomic mass is 10.1. The molecule has 3 rings (SSSR count). The average molecular weight is 363 g/mol. The van der Waals surface area contributed by atoms with Crippen LogP contribution in [0.4, 0.5) is 11.4 Å². The highest BCUT2D eigenvalue weighted by Gasteiger charge is 2.09. The summed E-state index contributed by atoms with van der Waals surface area (Å²) in [4.78, 5) is 11.8. The third-order valence-electron chi connectivity index (χ3n) is 4.36. The number of methoxy groups -OCH3 is 1. The van der Waals surface area contributed by atoms with Crippen molar-refractivity contribution in [3.8, 4) is 0 Å². The molecule has 0 saturated carbocycles. The minimum atomic E-state index is -0.328. The molecule has 0 aliphatic heterocycles. The van der Waals surface area contributed by atoms with Gasteiger partial charge < -0.3 is 20.7 Å². The number of para-hydroxylation sites is 1. The lowest BCUT2D eigenvalue weighted by Crippen LogP contribution is -2.27. The van der Waals surface area contributed by atoms with Gasteiger partial charge in [0, 0.05) is 42.9 Å². The number of benzene rings is 3. The van der Waals surface area contributed by atoms with E-state index < -0.39 is 0 Å². The zero-order valence-corrected chi connectivity index (χ0v) is 15.5. The van der Waals surface area contributed by atoms with Gasteiger partial charge in [-0.05, 0) is 23.6 Å². The topological polar surface area (TPSA) is 62.4 Å². The van der Waals surface area contributed by atoms with Gasteiger partial charge in [-0.2, -0.15) is 0 Å². The first-order valence-corrected chi connectivity index (χ1v) is 9.13. The molecule has 5 nitrogen and oxygen atoms in total. The number of fused-ring (bicyclic) bond motifs is 1. The number of ether oxygens (including phenoxy) is 1. The first-order valence-electron chi connectivity index (χ1n) is 9.13. The Morgan fingerprint density at radius 1 is 0.778 bits per heavy atom. The van der Waals surface area contributed by atoms with Crippen LogP contribution in [0.25, 0.3) is 10.8 Å². The number of hydrogen-bond donors (Lipinski definition) is 3. The summed E-state index contributed by atoms with van der Waals surface area (Å²) >= 11 is 0. The lowest BCUT2D eigenvalue weighted by molar-refractivity contribution is 0.0602. The Bertz CT molecular complexity index is 890. The number of carbonyl (C=O) groups is 1. The van der Waals surface area contributed by atoms with Gasteiger partial charge in [0.05, 0.1) is 12.7 Å². The molecule has 0 saturated heterocycles. The third-order valence-corrected chi connectivity index (χ3v) is 4.36. The predicted octanol–water partition coefficient (Wildman–Crippen LogP) is 3.74. The summed E-state index contributed by atoms with van der Waals surface area (Å²) in [6.07, 6.45) is 0. The third kappa shape index (κ3) is 4.99. The van der Waals surface area contributed by atoms with Crippen molar-refractivity contribution in [3.63, 3.8) is 0 Å². The molecule has 27 heavy (non-hydrogen) atoms. The Morgan fingerprint density at radius 3 is 2.22 bits per heavy atom. The Balaban J connectivity index is 1.40. The molecule has 0 radical (unpaired) electrons. The average Bonchev–Trinajstić information content (AvgIpc) is 2.73. The van der Waals surface area contributed by atoms with Gasteiger partial charge in [0.15, 0.2) is 0 Å². The Kier molecular flexibility index (Phi) is 6.66. The molecular weight excluding hydrogens is 338 g/mol. The molecule has 0 bridgehead atoms. The fourth-order valence-electron chi connectivity index (χ4n) is 3.00. The van der Waals surface area contributed by atoms with E-state index >= 15 is 0 Å². The minimum absolute atomic E-state index is 0.328. The molecule has 0 aliphatic rings. The number of hydrogen-bond acceptors (Lipinski definition) is 5. The fourth-order valence-corrected chi connectivity index (χ4v) is 3.00. The highest BCUT2D eigenvalue weighted by atomic mass is 16.5. The van der Waals surface area contributed by atoms with E-state index in [-0.39, 0.29) is 5.97 Å². The largest absolute Gasteiger partial charge is 0.465 e. The molecule has 0 heterocycles. The van der Waals surface area contributed by atoms with Crippen molar-refractivity contribution in [2.75, 3.05) is 43.9 Å². The molecule has 3 N–H and O–H groups in total. The van der Waals surface area contributed by atoms with Crippen LogP contribution in [0.2, 0.25) is 0 Å². The standard InChI is InChI=1S/C22H25N3O2/c1-27-22(26)19-10-4-5-11-21(19)25-16-14-23-13-15-24-20-12-6-8-17-7-2-3-9-18(17)20/h2-12,23-25H,13-16H2,1H3. The van der Waals surface area contributed by atoms with Gasteiger partial charge in [0.2, 0.25) is 0 Å². The molecule has 3 aromatic carbocycles. The first kappa shape index (κ1) is 18.7. The van der Waals surface area contributed by atoms with E-state index in [9.17, 15) is 4.79 Å². The summed E-state index contributed by atoms with van der Waals surface area (Å²) in [5.74, 6) is -0.328. The molecule has 3 aromatic rings. The van der Waals surface area contributed by atoms with Crippen molar-refractivity contribution in [1.82, 2.24) is 5.32 Å². The monoisotopic (exact) mass is 363 g/mol. The second-order valence-corrected chi connectivity index (χ2v) is 6.17. The molecule has 0 unspecified atom stereocenters. The van der Waals surface area contributed by atoms with E-state index in [1.54, 1.807) is 6.07 Å². The molecule has 0 aliphatic carbocycles. The smallest absolute Gasteiger partial charge is 0.339 e. The summed E-state index contributed by atoms with van der Waals surface area (Å²) in [5, 5.41) is 12.6. The van der Waals surface area contributed by atoms with E-state index in [0.717, 1.165) is 37.6 Å². The molecule has 5 heteroatoms. The zero-order chi connectivity index (χ0) is 18.9. The van der Waals surface area contributed by atoms with Crippen molar-refractivity contribution < 1.29 is 9.53 Å². The molecule has 140 valence electrons. The number of nitrogens with one attached hydrogen (secondary N) is 3. The Hall–Kier alpha value is -3.05. The van der Waals surface area contributed by atoms with E-state index in [1.807, 2.05) is 18.2 Å². The normalized spacial score (nSPS) is 10.6. The van der Waals surface area contributed by atoms with Gasteiger partial charge in [0.25, 0.3) is 0 Å². The van der Waals surface area contributed by atoms with Crippen LogP contribution in [0.5, 0.6) is 0 Å². The Morgan fingerprint density at radius 2 is 1.41 bits per heavy atom. The SMILES string of the molecule is COC(=O)c1ccccc1NCCNCCNc1cccc2ccccc12. The molecule has 0 spiro atoms. The van der Waals surface area contributed by atoms with Crippen LogP contribution in [-0.4, -0.2) is 39.3 Å². The second kappa shape index (κ2) is 9.59. The quantitative estimate of drug-likeness (QED) is 0.399. The van der Waals surface area contributed by atoms with Gasteiger partial charge in [-0.25, -0.2) is 4.79 Å². The maximum Gasteiger partial charge on any atom is 0.339 e. The Labute approximate surface area is 159 Å². The van der Waals surface area contributed by atoms with Crippen LogP contribution < -0.4 is 16.0 Å². The van der Waals surface area contributed by atoms with Crippen molar-refractivity contribution in [3.05, 3.63) is 72.3 Å². The summed E-state index contributed by atoms with van der Waals surface area (Å²) in [6, 6.07) is 22.0. The zero-order valence-electron chi connectivity index (χ0n) is 15.5. The van der Waals surface area contributed by atoms with Gasteiger partial charge in [0.1, 0.15) is 0 Å². The van der Waals surface area contributed by atoms with E-state index in [2.05, 4.69) is 58.4 Å². The van der Waals surface area contributed by atoms with Crippen LogP contribution in [0.3, 0.4) is 0 Å². The summed E-state index contributed by atoms with van der Waals surface area (Å²) < 4.78 is 4.81. The van der Waals surface area contributed by atoms with Crippen LogP contribution in [0, 0.1) is 0 Å².